The SMILES string of the molecule is CCCNc1cccc(C(=O)NC2(C)CCCCC2)n1. The Morgan fingerprint density at radius 2 is 2.05 bits per heavy atom. The summed E-state index contributed by atoms with van der Waals surface area (Å²) in [7, 11) is 0. The number of hydrogen-bond donors (Lipinski definition) is 2. The van der Waals surface area contributed by atoms with Gasteiger partial charge in [0, 0.05) is 12.1 Å². The van der Waals surface area contributed by atoms with Crippen LogP contribution in [0.2, 0.25) is 0 Å². The van der Waals surface area contributed by atoms with Gasteiger partial charge in [-0.25, -0.2) is 4.98 Å². The summed E-state index contributed by atoms with van der Waals surface area (Å²) in [5.74, 6) is 0.711. The number of amides is 1. The van der Waals surface area contributed by atoms with Gasteiger partial charge in [-0.05, 0) is 38.3 Å². The molecule has 1 heterocycles. The second-order valence-corrected chi connectivity index (χ2v) is 5.91. The third-order valence-electron chi connectivity index (χ3n) is 3.91. The number of nitrogens with one attached hydrogen (secondary N) is 2. The molecule has 1 aromatic heterocycles. The fourth-order valence-electron chi connectivity index (χ4n) is 2.71. The van der Waals surface area contributed by atoms with Gasteiger partial charge in [-0.3, -0.25) is 4.79 Å². The van der Waals surface area contributed by atoms with Gasteiger partial charge in [0.2, 0.25) is 0 Å². The van der Waals surface area contributed by atoms with E-state index in [1.54, 1.807) is 6.07 Å². The molecule has 20 heavy (non-hydrogen) atoms. The van der Waals surface area contributed by atoms with E-state index in [0.29, 0.717) is 5.69 Å². The molecule has 4 heteroatoms. The van der Waals surface area contributed by atoms with Crippen LogP contribution in [0.4, 0.5) is 5.82 Å². The van der Waals surface area contributed by atoms with Crippen LogP contribution in [0, 0.1) is 0 Å². The number of aromatic nitrogens is 1. The molecule has 1 amide bonds. The zero-order valence-corrected chi connectivity index (χ0v) is 12.5. The van der Waals surface area contributed by atoms with Crippen molar-refractivity contribution in [3.8, 4) is 0 Å². The molecular weight excluding hydrogens is 250 g/mol. The van der Waals surface area contributed by atoms with Gasteiger partial charge in [-0.1, -0.05) is 32.3 Å². The fraction of sp³-hybridized carbons (Fsp3) is 0.625. The van der Waals surface area contributed by atoms with E-state index in [9.17, 15) is 4.79 Å². The average Bonchev–Trinajstić information content (AvgIpc) is 2.45. The molecule has 0 spiro atoms. The number of pyridine rings is 1. The van der Waals surface area contributed by atoms with Crippen LogP contribution in [0.15, 0.2) is 18.2 Å². The van der Waals surface area contributed by atoms with Crippen LogP contribution >= 0.6 is 0 Å². The van der Waals surface area contributed by atoms with Crippen LogP contribution in [0.5, 0.6) is 0 Å². The monoisotopic (exact) mass is 275 g/mol. The lowest BCUT2D eigenvalue weighted by atomic mass is 9.83. The van der Waals surface area contributed by atoms with E-state index in [1.165, 1.54) is 19.3 Å². The summed E-state index contributed by atoms with van der Waals surface area (Å²) in [6.45, 7) is 5.12. The largest absolute Gasteiger partial charge is 0.370 e. The van der Waals surface area contributed by atoms with Crippen molar-refractivity contribution < 1.29 is 4.79 Å². The van der Waals surface area contributed by atoms with Crippen molar-refractivity contribution in [1.82, 2.24) is 10.3 Å². The van der Waals surface area contributed by atoms with E-state index in [2.05, 4.69) is 29.5 Å². The maximum absolute atomic E-state index is 12.3. The second kappa shape index (κ2) is 6.73. The van der Waals surface area contributed by atoms with E-state index in [4.69, 9.17) is 0 Å². The molecular formula is C16H25N3O. The summed E-state index contributed by atoms with van der Waals surface area (Å²) in [4.78, 5) is 16.7. The van der Waals surface area contributed by atoms with E-state index >= 15 is 0 Å². The Morgan fingerprint density at radius 1 is 1.30 bits per heavy atom. The Kier molecular flexibility index (Phi) is 4.99. The van der Waals surface area contributed by atoms with Crippen LogP contribution < -0.4 is 10.6 Å². The molecule has 1 saturated carbocycles. The Hall–Kier alpha value is -1.58. The highest BCUT2D eigenvalue weighted by Crippen LogP contribution is 2.27. The van der Waals surface area contributed by atoms with Crippen LogP contribution in [0.1, 0.15) is 62.9 Å². The minimum atomic E-state index is -0.0656. The average molecular weight is 275 g/mol. The third-order valence-corrected chi connectivity index (χ3v) is 3.91. The zero-order chi connectivity index (χ0) is 14.4. The number of hydrogen-bond acceptors (Lipinski definition) is 3. The smallest absolute Gasteiger partial charge is 0.270 e. The summed E-state index contributed by atoms with van der Waals surface area (Å²) in [5, 5.41) is 6.38. The summed E-state index contributed by atoms with van der Waals surface area (Å²) in [6.07, 6.45) is 6.83. The lowest BCUT2D eigenvalue weighted by Gasteiger charge is -2.34. The lowest BCUT2D eigenvalue weighted by Crippen LogP contribution is -2.47. The van der Waals surface area contributed by atoms with Crippen LogP contribution in [-0.2, 0) is 0 Å². The van der Waals surface area contributed by atoms with Gasteiger partial charge in [0.05, 0.1) is 0 Å². The Balaban J connectivity index is 2.01. The zero-order valence-electron chi connectivity index (χ0n) is 12.5. The predicted molar refractivity (Wildman–Crippen MR) is 82.0 cm³/mol. The predicted octanol–water partition coefficient (Wildman–Crippen LogP) is 3.36. The number of rotatable bonds is 5. The van der Waals surface area contributed by atoms with E-state index < -0.39 is 0 Å². The molecule has 4 nitrogen and oxygen atoms in total. The maximum atomic E-state index is 12.3. The van der Waals surface area contributed by atoms with Crippen molar-refractivity contribution >= 4 is 11.7 Å². The molecule has 0 atom stereocenters. The molecule has 0 aliphatic heterocycles. The fourth-order valence-corrected chi connectivity index (χ4v) is 2.71. The first-order chi connectivity index (χ1) is 9.63. The third kappa shape index (κ3) is 3.95. The van der Waals surface area contributed by atoms with Gasteiger partial charge in [-0.2, -0.15) is 0 Å². The number of carbonyl (C=O) groups excluding carboxylic acids is 1. The highest BCUT2D eigenvalue weighted by molar-refractivity contribution is 5.93. The molecule has 1 fully saturated rings. The quantitative estimate of drug-likeness (QED) is 0.866. The van der Waals surface area contributed by atoms with Crippen LogP contribution in [0.25, 0.3) is 0 Å². The molecule has 2 N–H and O–H groups in total. The second-order valence-electron chi connectivity index (χ2n) is 5.91. The van der Waals surface area contributed by atoms with Crippen molar-refractivity contribution in [3.05, 3.63) is 23.9 Å². The summed E-state index contributed by atoms with van der Waals surface area (Å²) in [6, 6.07) is 5.55. The molecule has 0 saturated heterocycles. The molecule has 1 aliphatic carbocycles. The van der Waals surface area contributed by atoms with Gasteiger partial charge in [0.1, 0.15) is 11.5 Å². The molecule has 0 radical (unpaired) electrons. The Morgan fingerprint density at radius 3 is 2.75 bits per heavy atom. The molecule has 0 bridgehead atoms. The molecule has 1 aromatic rings. The highest BCUT2D eigenvalue weighted by atomic mass is 16.2. The molecule has 1 aliphatic rings. The summed E-state index contributed by atoms with van der Waals surface area (Å²) >= 11 is 0. The van der Waals surface area contributed by atoms with Gasteiger partial charge >= 0.3 is 0 Å². The maximum Gasteiger partial charge on any atom is 0.270 e. The van der Waals surface area contributed by atoms with Crippen LogP contribution in [0.3, 0.4) is 0 Å². The van der Waals surface area contributed by atoms with Crippen molar-refractivity contribution in [2.45, 2.75) is 57.9 Å². The molecule has 110 valence electrons. The number of carbonyl (C=O) groups is 1. The van der Waals surface area contributed by atoms with Gasteiger partial charge in [-0.15, -0.1) is 0 Å². The Bertz CT molecular complexity index is 453. The first-order valence-electron chi connectivity index (χ1n) is 7.66. The Labute approximate surface area is 121 Å². The first kappa shape index (κ1) is 14.8. The van der Waals surface area contributed by atoms with E-state index in [-0.39, 0.29) is 11.4 Å². The first-order valence-corrected chi connectivity index (χ1v) is 7.66. The van der Waals surface area contributed by atoms with Gasteiger partial charge in [0.15, 0.2) is 0 Å². The van der Waals surface area contributed by atoms with Crippen molar-refractivity contribution in [2.24, 2.45) is 0 Å². The molecule has 2 rings (SSSR count). The normalized spacial score (nSPS) is 17.5. The molecule has 0 unspecified atom stereocenters. The molecule has 0 aromatic carbocycles. The topological polar surface area (TPSA) is 54.0 Å². The van der Waals surface area contributed by atoms with E-state index in [0.717, 1.165) is 31.6 Å². The standard InChI is InChI=1S/C16H25N3O/c1-3-12-17-14-9-7-8-13(18-14)15(20)19-16(2)10-5-4-6-11-16/h7-9H,3-6,10-12H2,1-2H3,(H,17,18)(H,19,20). The number of anilines is 1. The van der Waals surface area contributed by atoms with Crippen molar-refractivity contribution in [2.75, 3.05) is 11.9 Å². The minimum absolute atomic E-state index is 0.0606. The lowest BCUT2D eigenvalue weighted by molar-refractivity contribution is 0.0877. The number of nitrogens with zero attached hydrogens (tertiary/aromatic N) is 1. The van der Waals surface area contributed by atoms with Gasteiger partial charge in [0.25, 0.3) is 5.91 Å². The van der Waals surface area contributed by atoms with Crippen molar-refractivity contribution in [1.29, 1.82) is 0 Å². The van der Waals surface area contributed by atoms with Gasteiger partial charge < -0.3 is 10.6 Å². The minimum Gasteiger partial charge on any atom is -0.370 e. The van der Waals surface area contributed by atoms with Crippen molar-refractivity contribution in [3.63, 3.8) is 0 Å². The van der Waals surface area contributed by atoms with Crippen LogP contribution in [-0.4, -0.2) is 23.0 Å². The van der Waals surface area contributed by atoms with E-state index in [1.807, 2.05) is 12.1 Å². The summed E-state index contributed by atoms with van der Waals surface area (Å²) in [5.41, 5.74) is 0.432. The highest BCUT2D eigenvalue weighted by Gasteiger charge is 2.29. The summed E-state index contributed by atoms with van der Waals surface area (Å²) < 4.78 is 0.